The number of carbonyl (C=O) groups is 1. The molecule has 0 atom stereocenters. The summed E-state index contributed by atoms with van der Waals surface area (Å²) >= 11 is 0. The Morgan fingerprint density at radius 2 is 1.88 bits per heavy atom. The average molecular weight is 213 g/mol. The van der Waals surface area contributed by atoms with Crippen molar-refractivity contribution in [2.75, 3.05) is 0 Å². The van der Waals surface area contributed by atoms with Gasteiger partial charge in [-0.1, -0.05) is 12.1 Å². The molecule has 0 saturated heterocycles. The number of carboxylic acids is 1. The summed E-state index contributed by atoms with van der Waals surface area (Å²) in [7, 11) is 0. The maximum Gasteiger partial charge on any atom is 0.335 e. The van der Waals surface area contributed by atoms with E-state index in [2.05, 4.69) is 0 Å². The van der Waals surface area contributed by atoms with Crippen LogP contribution >= 0.6 is 0 Å². The summed E-state index contributed by atoms with van der Waals surface area (Å²) in [4.78, 5) is 10.6. The van der Waals surface area contributed by atoms with Crippen molar-refractivity contribution in [3.8, 4) is 17.4 Å². The van der Waals surface area contributed by atoms with Gasteiger partial charge in [-0.2, -0.15) is 5.26 Å². The maximum atomic E-state index is 10.6. The minimum atomic E-state index is -0.969. The molecule has 78 valence electrons. The van der Waals surface area contributed by atoms with Crippen molar-refractivity contribution in [2.45, 2.75) is 0 Å². The van der Waals surface area contributed by atoms with Gasteiger partial charge in [0.25, 0.3) is 0 Å². The molecule has 1 N–H and O–H groups in total. The Labute approximate surface area is 91.4 Å². The highest BCUT2D eigenvalue weighted by molar-refractivity contribution is 5.88. The minimum absolute atomic E-state index is 0.218. The van der Waals surface area contributed by atoms with Gasteiger partial charge in [0.2, 0.25) is 5.76 Å². The van der Waals surface area contributed by atoms with E-state index in [1.54, 1.807) is 24.3 Å². The molecule has 0 amide bonds. The largest absolute Gasteiger partial charge is 0.478 e. The summed E-state index contributed by atoms with van der Waals surface area (Å²) in [5.74, 6) is -0.186. The molecule has 0 unspecified atom stereocenters. The van der Waals surface area contributed by atoms with E-state index >= 15 is 0 Å². The zero-order valence-corrected chi connectivity index (χ0v) is 8.18. The third-order valence-corrected chi connectivity index (χ3v) is 2.13. The van der Waals surface area contributed by atoms with Crippen molar-refractivity contribution in [3.05, 3.63) is 47.7 Å². The lowest BCUT2D eigenvalue weighted by atomic mass is 10.1. The number of nitrogens with zero attached hydrogens (tertiary/aromatic N) is 1. The lowest BCUT2D eigenvalue weighted by Crippen LogP contribution is -1.94. The van der Waals surface area contributed by atoms with Gasteiger partial charge in [0, 0.05) is 5.56 Å². The molecule has 0 radical (unpaired) electrons. The summed E-state index contributed by atoms with van der Waals surface area (Å²) in [6, 6.07) is 11.4. The minimum Gasteiger partial charge on any atom is -0.478 e. The van der Waals surface area contributed by atoms with E-state index in [4.69, 9.17) is 14.8 Å². The number of rotatable bonds is 2. The number of carboxylic acid groups (broad SMARTS) is 1. The molecule has 1 heterocycles. The fourth-order valence-electron chi connectivity index (χ4n) is 1.33. The first-order valence-corrected chi connectivity index (χ1v) is 4.54. The normalized spacial score (nSPS) is 9.69. The van der Waals surface area contributed by atoms with Gasteiger partial charge in [-0.25, -0.2) is 4.79 Å². The summed E-state index contributed by atoms with van der Waals surface area (Å²) < 4.78 is 5.21. The van der Waals surface area contributed by atoms with E-state index in [0.717, 1.165) is 5.56 Å². The third kappa shape index (κ3) is 1.79. The fraction of sp³-hybridized carbons (Fsp3) is 0. The molecule has 0 aliphatic carbocycles. The lowest BCUT2D eigenvalue weighted by Gasteiger charge is -1.97. The molecule has 0 aliphatic heterocycles. The molecule has 0 fully saturated rings. The van der Waals surface area contributed by atoms with E-state index in [9.17, 15) is 4.79 Å². The number of aromatic carboxylic acids is 1. The summed E-state index contributed by atoms with van der Waals surface area (Å²) in [5.41, 5.74) is 0.960. The Morgan fingerprint density at radius 1 is 1.19 bits per heavy atom. The van der Waals surface area contributed by atoms with Crippen LogP contribution in [0.5, 0.6) is 0 Å². The van der Waals surface area contributed by atoms with Gasteiger partial charge in [0.15, 0.2) is 0 Å². The summed E-state index contributed by atoms with van der Waals surface area (Å²) in [6.45, 7) is 0. The van der Waals surface area contributed by atoms with E-state index in [-0.39, 0.29) is 11.3 Å². The molecule has 4 heteroatoms. The Balaban J connectivity index is 2.35. The van der Waals surface area contributed by atoms with Crippen molar-refractivity contribution in [3.63, 3.8) is 0 Å². The highest BCUT2D eigenvalue weighted by Gasteiger charge is 2.06. The van der Waals surface area contributed by atoms with Gasteiger partial charge >= 0.3 is 5.97 Å². The standard InChI is InChI=1S/C12H7NO3/c13-7-10-5-6-11(16-10)8-1-3-9(4-2-8)12(14)15/h1-6H,(H,14,15). The predicted octanol–water partition coefficient (Wildman–Crippen LogP) is 2.52. The first-order chi connectivity index (χ1) is 7.70. The SMILES string of the molecule is N#Cc1ccc(-c2ccc(C(=O)O)cc2)o1. The number of hydrogen-bond donors (Lipinski definition) is 1. The van der Waals surface area contributed by atoms with Gasteiger partial charge in [-0.3, -0.25) is 0 Å². The van der Waals surface area contributed by atoms with Gasteiger partial charge in [-0.15, -0.1) is 0 Å². The fourth-order valence-corrected chi connectivity index (χ4v) is 1.33. The van der Waals surface area contributed by atoms with Crippen LogP contribution in [-0.2, 0) is 0 Å². The van der Waals surface area contributed by atoms with Crippen molar-refractivity contribution in [2.24, 2.45) is 0 Å². The molecule has 4 nitrogen and oxygen atoms in total. The molecule has 1 aromatic carbocycles. The quantitative estimate of drug-likeness (QED) is 0.831. The number of benzene rings is 1. The van der Waals surface area contributed by atoms with Gasteiger partial charge in [0.1, 0.15) is 11.8 Å². The first-order valence-electron chi connectivity index (χ1n) is 4.54. The molecular weight excluding hydrogens is 206 g/mol. The number of nitriles is 1. The van der Waals surface area contributed by atoms with E-state index in [1.807, 2.05) is 6.07 Å². The van der Waals surface area contributed by atoms with Crippen LogP contribution in [0.3, 0.4) is 0 Å². The highest BCUT2D eigenvalue weighted by Crippen LogP contribution is 2.22. The molecular formula is C12H7NO3. The molecule has 0 aliphatic rings. The Bertz CT molecular complexity index is 561. The van der Waals surface area contributed by atoms with Crippen LogP contribution in [0.1, 0.15) is 16.1 Å². The summed E-state index contributed by atoms with van der Waals surface area (Å²) in [6.07, 6.45) is 0. The van der Waals surface area contributed by atoms with E-state index in [0.29, 0.717) is 5.76 Å². The molecule has 0 bridgehead atoms. The van der Waals surface area contributed by atoms with Crippen LogP contribution in [-0.4, -0.2) is 11.1 Å². The average Bonchev–Trinajstić information content (AvgIpc) is 2.77. The van der Waals surface area contributed by atoms with Crippen molar-refractivity contribution in [1.29, 1.82) is 5.26 Å². The molecule has 0 saturated carbocycles. The van der Waals surface area contributed by atoms with E-state index < -0.39 is 5.97 Å². The Hall–Kier alpha value is -2.54. The topological polar surface area (TPSA) is 74.2 Å². The molecule has 2 rings (SSSR count). The van der Waals surface area contributed by atoms with Crippen LogP contribution in [0.15, 0.2) is 40.8 Å². The van der Waals surface area contributed by atoms with E-state index in [1.165, 1.54) is 12.1 Å². The third-order valence-electron chi connectivity index (χ3n) is 2.13. The summed E-state index contributed by atoms with van der Waals surface area (Å²) in [5, 5.41) is 17.3. The van der Waals surface area contributed by atoms with Crippen LogP contribution in [0.2, 0.25) is 0 Å². The zero-order valence-electron chi connectivity index (χ0n) is 8.18. The maximum absolute atomic E-state index is 10.6. The number of furan rings is 1. The van der Waals surface area contributed by atoms with Crippen LogP contribution in [0.4, 0.5) is 0 Å². The molecule has 16 heavy (non-hydrogen) atoms. The van der Waals surface area contributed by atoms with Crippen molar-refractivity contribution in [1.82, 2.24) is 0 Å². The van der Waals surface area contributed by atoms with Crippen molar-refractivity contribution < 1.29 is 14.3 Å². The Morgan fingerprint density at radius 3 is 2.38 bits per heavy atom. The lowest BCUT2D eigenvalue weighted by molar-refractivity contribution is 0.0697. The number of hydrogen-bond acceptors (Lipinski definition) is 3. The smallest absolute Gasteiger partial charge is 0.335 e. The second-order valence-corrected chi connectivity index (χ2v) is 3.16. The van der Waals surface area contributed by atoms with Gasteiger partial charge < -0.3 is 9.52 Å². The van der Waals surface area contributed by atoms with Crippen molar-refractivity contribution >= 4 is 5.97 Å². The molecule has 0 spiro atoms. The first kappa shape index (κ1) is 9.99. The van der Waals surface area contributed by atoms with Crippen LogP contribution < -0.4 is 0 Å². The Kier molecular flexibility index (Phi) is 2.44. The highest BCUT2D eigenvalue weighted by atomic mass is 16.4. The van der Waals surface area contributed by atoms with Crippen LogP contribution in [0.25, 0.3) is 11.3 Å². The zero-order chi connectivity index (χ0) is 11.5. The second kappa shape index (κ2) is 3.91. The monoisotopic (exact) mass is 213 g/mol. The predicted molar refractivity (Wildman–Crippen MR) is 55.8 cm³/mol. The molecule has 1 aromatic heterocycles. The van der Waals surface area contributed by atoms with Gasteiger partial charge in [-0.05, 0) is 24.3 Å². The van der Waals surface area contributed by atoms with Gasteiger partial charge in [0.05, 0.1) is 5.56 Å². The van der Waals surface area contributed by atoms with Crippen LogP contribution in [0, 0.1) is 11.3 Å². The molecule has 2 aromatic rings. The second-order valence-electron chi connectivity index (χ2n) is 3.16.